The number of H-pyrrole nitrogens is 1. The average Bonchev–Trinajstić information content (AvgIpc) is 2.92. The maximum atomic E-state index is 12.2. The van der Waals surface area contributed by atoms with E-state index in [0.29, 0.717) is 10.3 Å². The molecule has 0 aliphatic rings. The highest BCUT2D eigenvalue weighted by Gasteiger charge is 2.21. The Bertz CT molecular complexity index is 822. The molecular weight excluding hydrogens is 264 g/mol. The normalized spacial score (nSPS) is 10.7. The van der Waals surface area contributed by atoms with Gasteiger partial charge in [-0.1, -0.05) is 6.07 Å². The quantitative estimate of drug-likeness (QED) is 0.698. The molecule has 3 heterocycles. The monoisotopic (exact) mass is 272 g/mol. The van der Waals surface area contributed by atoms with Crippen molar-refractivity contribution in [2.75, 3.05) is 0 Å². The summed E-state index contributed by atoms with van der Waals surface area (Å²) in [7, 11) is 0. The second-order valence-corrected chi connectivity index (χ2v) is 4.83. The summed E-state index contributed by atoms with van der Waals surface area (Å²) in [5.41, 5.74) is -0.627. The highest BCUT2D eigenvalue weighted by molar-refractivity contribution is 7.12. The summed E-state index contributed by atoms with van der Waals surface area (Å²) in [6.07, 6.45) is 1.50. The summed E-state index contributed by atoms with van der Waals surface area (Å²) in [6, 6.07) is 6.55. The van der Waals surface area contributed by atoms with Gasteiger partial charge in [-0.25, -0.2) is 4.98 Å². The molecule has 94 valence electrons. The lowest BCUT2D eigenvalue weighted by Crippen LogP contribution is -2.18. The van der Waals surface area contributed by atoms with Crippen LogP contribution in [0.3, 0.4) is 0 Å². The number of nitrogens with one attached hydrogen (secondary N) is 1. The molecule has 0 aliphatic heterocycles. The van der Waals surface area contributed by atoms with Crippen LogP contribution in [0.5, 0.6) is 5.75 Å². The van der Waals surface area contributed by atoms with Crippen molar-refractivity contribution in [1.82, 2.24) is 9.97 Å². The van der Waals surface area contributed by atoms with Gasteiger partial charge >= 0.3 is 0 Å². The van der Waals surface area contributed by atoms with Crippen LogP contribution in [0.25, 0.3) is 11.0 Å². The molecule has 3 rings (SSSR count). The van der Waals surface area contributed by atoms with E-state index in [-0.39, 0.29) is 17.0 Å². The number of pyridine rings is 2. The summed E-state index contributed by atoms with van der Waals surface area (Å²) in [4.78, 5) is 31.0. The van der Waals surface area contributed by atoms with Crippen molar-refractivity contribution < 1.29 is 9.90 Å². The van der Waals surface area contributed by atoms with Gasteiger partial charge < -0.3 is 10.1 Å². The summed E-state index contributed by atoms with van der Waals surface area (Å²) in [5, 5.41) is 12.2. The van der Waals surface area contributed by atoms with Crippen LogP contribution in [0, 0.1) is 0 Å². The number of rotatable bonds is 2. The molecule has 0 saturated carbocycles. The Kier molecular flexibility index (Phi) is 2.64. The summed E-state index contributed by atoms with van der Waals surface area (Å²) >= 11 is 1.22. The lowest BCUT2D eigenvalue weighted by molar-refractivity contribution is 0.103. The fourth-order valence-electron chi connectivity index (χ4n) is 1.85. The lowest BCUT2D eigenvalue weighted by Gasteiger charge is -2.04. The van der Waals surface area contributed by atoms with E-state index in [0.717, 1.165) is 0 Å². The molecule has 3 aromatic heterocycles. The predicted octanol–water partition coefficient (Wildman–Crippen LogP) is 1.92. The predicted molar refractivity (Wildman–Crippen MR) is 71.8 cm³/mol. The van der Waals surface area contributed by atoms with Crippen molar-refractivity contribution in [1.29, 1.82) is 0 Å². The van der Waals surface area contributed by atoms with Gasteiger partial charge in [0.05, 0.1) is 10.3 Å². The molecule has 0 aromatic carbocycles. The van der Waals surface area contributed by atoms with Crippen LogP contribution in [0.4, 0.5) is 0 Å². The van der Waals surface area contributed by atoms with Crippen LogP contribution in [0.1, 0.15) is 15.2 Å². The Morgan fingerprint density at radius 2 is 2.16 bits per heavy atom. The fourth-order valence-corrected chi connectivity index (χ4v) is 2.52. The molecule has 0 bridgehead atoms. The number of thiophene rings is 1. The van der Waals surface area contributed by atoms with E-state index in [2.05, 4.69) is 9.97 Å². The third-order valence-corrected chi connectivity index (χ3v) is 3.60. The van der Waals surface area contributed by atoms with Crippen molar-refractivity contribution in [2.24, 2.45) is 0 Å². The van der Waals surface area contributed by atoms with Gasteiger partial charge in [-0.15, -0.1) is 11.3 Å². The summed E-state index contributed by atoms with van der Waals surface area (Å²) < 4.78 is 0. The van der Waals surface area contributed by atoms with E-state index < -0.39 is 11.3 Å². The van der Waals surface area contributed by atoms with E-state index in [9.17, 15) is 14.7 Å². The van der Waals surface area contributed by atoms with Crippen molar-refractivity contribution in [2.45, 2.75) is 0 Å². The van der Waals surface area contributed by atoms with Crippen molar-refractivity contribution in [3.63, 3.8) is 0 Å². The number of ketones is 1. The average molecular weight is 272 g/mol. The summed E-state index contributed by atoms with van der Waals surface area (Å²) in [5.74, 6) is -0.815. The number of hydrogen-bond acceptors (Lipinski definition) is 5. The van der Waals surface area contributed by atoms with Gasteiger partial charge in [0.1, 0.15) is 17.0 Å². The van der Waals surface area contributed by atoms with Crippen molar-refractivity contribution in [3.8, 4) is 5.75 Å². The largest absolute Gasteiger partial charge is 0.506 e. The van der Waals surface area contributed by atoms with Gasteiger partial charge in [-0.3, -0.25) is 9.59 Å². The molecule has 19 heavy (non-hydrogen) atoms. The number of carbonyl (C=O) groups excluding carboxylic acids is 1. The zero-order chi connectivity index (χ0) is 13.4. The second-order valence-electron chi connectivity index (χ2n) is 3.88. The Balaban J connectivity index is 2.30. The molecule has 0 saturated heterocycles. The van der Waals surface area contributed by atoms with Crippen LogP contribution in [0.15, 0.2) is 40.6 Å². The van der Waals surface area contributed by atoms with E-state index in [1.165, 1.54) is 17.5 Å². The summed E-state index contributed by atoms with van der Waals surface area (Å²) in [6.45, 7) is 0. The number of aromatic amines is 1. The number of nitrogens with zero attached hydrogens (tertiary/aromatic N) is 1. The van der Waals surface area contributed by atoms with Gasteiger partial charge in [0.25, 0.3) is 5.56 Å². The first-order chi connectivity index (χ1) is 9.18. The van der Waals surface area contributed by atoms with Crippen molar-refractivity contribution >= 4 is 28.2 Å². The van der Waals surface area contributed by atoms with Crippen LogP contribution < -0.4 is 5.56 Å². The molecule has 5 nitrogen and oxygen atoms in total. The minimum atomic E-state index is -0.637. The molecule has 0 fully saturated rings. The zero-order valence-corrected chi connectivity index (χ0v) is 10.4. The molecule has 0 amide bonds. The molecule has 0 radical (unpaired) electrons. The molecule has 0 unspecified atom stereocenters. The minimum absolute atomic E-state index is 0.247. The Morgan fingerprint density at radius 3 is 2.89 bits per heavy atom. The first kappa shape index (κ1) is 11.6. The molecule has 0 aliphatic carbocycles. The number of fused-ring (bicyclic) bond motifs is 1. The topological polar surface area (TPSA) is 83.0 Å². The van der Waals surface area contributed by atoms with Crippen LogP contribution >= 0.6 is 11.3 Å². The lowest BCUT2D eigenvalue weighted by atomic mass is 10.1. The van der Waals surface area contributed by atoms with Gasteiger partial charge in [-0.2, -0.15) is 0 Å². The highest BCUT2D eigenvalue weighted by atomic mass is 32.1. The number of hydrogen-bond donors (Lipinski definition) is 2. The van der Waals surface area contributed by atoms with Gasteiger partial charge in [0.2, 0.25) is 5.78 Å². The smallest absolute Gasteiger partial charge is 0.264 e. The van der Waals surface area contributed by atoms with E-state index in [1.807, 2.05) is 0 Å². The SMILES string of the molecule is O=C(c1cccs1)c1c(O)c2cccnc2[nH]c1=O. The number of carbonyl (C=O) groups is 1. The first-order valence-corrected chi connectivity index (χ1v) is 6.34. The maximum Gasteiger partial charge on any atom is 0.264 e. The molecule has 0 atom stereocenters. The maximum absolute atomic E-state index is 12.2. The second kappa shape index (κ2) is 4.33. The van der Waals surface area contributed by atoms with Crippen molar-refractivity contribution in [3.05, 3.63) is 56.6 Å². The molecular formula is C13H8N2O3S. The van der Waals surface area contributed by atoms with Gasteiger partial charge in [0.15, 0.2) is 0 Å². The van der Waals surface area contributed by atoms with Crippen LogP contribution in [-0.4, -0.2) is 20.9 Å². The molecule has 6 heteroatoms. The molecule has 0 spiro atoms. The van der Waals surface area contributed by atoms with Crippen LogP contribution in [0.2, 0.25) is 0 Å². The molecule has 3 aromatic rings. The standard InChI is InChI=1S/C13H8N2O3S/c16-10-7-3-1-5-14-12(7)15-13(18)9(10)11(17)8-4-2-6-19-8/h1-6H,(H2,14,15,16,18). The molecule has 2 N–H and O–H groups in total. The number of aromatic hydroxyl groups is 1. The van der Waals surface area contributed by atoms with E-state index >= 15 is 0 Å². The van der Waals surface area contributed by atoms with Crippen LogP contribution in [-0.2, 0) is 0 Å². The minimum Gasteiger partial charge on any atom is -0.506 e. The highest BCUT2D eigenvalue weighted by Crippen LogP contribution is 2.26. The third kappa shape index (κ3) is 1.82. The zero-order valence-electron chi connectivity index (χ0n) is 9.58. The Morgan fingerprint density at radius 1 is 1.32 bits per heavy atom. The van der Waals surface area contributed by atoms with Gasteiger partial charge in [-0.05, 0) is 23.6 Å². The number of aromatic nitrogens is 2. The van der Waals surface area contributed by atoms with Gasteiger partial charge in [0, 0.05) is 6.20 Å². The van der Waals surface area contributed by atoms with E-state index in [1.54, 1.807) is 29.6 Å². The first-order valence-electron chi connectivity index (χ1n) is 5.46. The third-order valence-electron chi connectivity index (χ3n) is 2.73. The Hall–Kier alpha value is -2.47. The van der Waals surface area contributed by atoms with E-state index in [4.69, 9.17) is 0 Å². The Labute approximate surface area is 111 Å². The fraction of sp³-hybridized carbons (Fsp3) is 0.